The summed E-state index contributed by atoms with van der Waals surface area (Å²) in [7, 11) is 1.46. The Kier molecular flexibility index (Phi) is 4.32. The Hall–Kier alpha value is -2.57. The van der Waals surface area contributed by atoms with E-state index < -0.39 is 17.4 Å². The smallest absolute Gasteiger partial charge is 0.281 e. The van der Waals surface area contributed by atoms with Crippen molar-refractivity contribution in [2.75, 3.05) is 12.0 Å². The number of carbonyl (C=O) groups excluding carboxylic acids is 2. The zero-order valence-corrected chi connectivity index (χ0v) is 15.8. The summed E-state index contributed by atoms with van der Waals surface area (Å²) in [5.74, 6) is -0.510. The van der Waals surface area contributed by atoms with Gasteiger partial charge in [0, 0.05) is 16.5 Å². The van der Waals surface area contributed by atoms with Crippen LogP contribution in [0.4, 0.5) is 5.69 Å². The third-order valence-electron chi connectivity index (χ3n) is 4.62. The third-order valence-corrected chi connectivity index (χ3v) is 5.11. The van der Waals surface area contributed by atoms with E-state index in [0.29, 0.717) is 27.2 Å². The van der Waals surface area contributed by atoms with Crippen molar-refractivity contribution in [2.45, 2.75) is 18.4 Å². The number of halogens is 2. The van der Waals surface area contributed by atoms with Crippen LogP contribution in [-0.2, 0) is 14.4 Å². The minimum atomic E-state index is -1.35. The zero-order chi connectivity index (χ0) is 19.2. The van der Waals surface area contributed by atoms with Crippen LogP contribution in [0, 0.1) is 0 Å². The molecule has 1 saturated heterocycles. The number of carbonyl (C=O) groups is 2. The molecule has 2 heterocycles. The second-order valence-corrected chi connectivity index (χ2v) is 7.21. The van der Waals surface area contributed by atoms with Crippen molar-refractivity contribution in [1.29, 1.82) is 0 Å². The van der Waals surface area contributed by atoms with E-state index in [4.69, 9.17) is 32.8 Å². The van der Waals surface area contributed by atoms with Crippen molar-refractivity contribution in [3.63, 3.8) is 0 Å². The molecule has 2 aromatic rings. The van der Waals surface area contributed by atoms with E-state index in [1.54, 1.807) is 36.4 Å². The summed E-state index contributed by atoms with van der Waals surface area (Å²) >= 11 is 12.0. The second kappa shape index (κ2) is 6.55. The van der Waals surface area contributed by atoms with Gasteiger partial charge in [-0.3, -0.25) is 9.59 Å². The molecule has 0 saturated carbocycles. The van der Waals surface area contributed by atoms with Crippen LogP contribution in [-0.4, -0.2) is 30.2 Å². The van der Waals surface area contributed by atoms with Gasteiger partial charge in [-0.15, -0.1) is 0 Å². The molecule has 27 heavy (non-hydrogen) atoms. The van der Waals surface area contributed by atoms with Crippen LogP contribution < -0.4 is 9.64 Å². The highest BCUT2D eigenvalue weighted by atomic mass is 35.5. The molecule has 1 fully saturated rings. The highest BCUT2D eigenvalue weighted by molar-refractivity contribution is 6.32. The van der Waals surface area contributed by atoms with Gasteiger partial charge in [0.15, 0.2) is 0 Å². The van der Waals surface area contributed by atoms with E-state index in [1.165, 1.54) is 13.2 Å². The molecular formula is C19H14Cl2N2O4. The fraction of sp³-hybridized carbons (Fsp3) is 0.211. The van der Waals surface area contributed by atoms with E-state index in [-0.39, 0.29) is 12.8 Å². The molecule has 2 amide bonds. The van der Waals surface area contributed by atoms with Crippen LogP contribution in [0.25, 0.3) is 0 Å². The molecule has 8 heteroatoms. The molecule has 0 N–H and O–H groups in total. The number of methoxy groups -OCH3 is 1. The number of amides is 2. The van der Waals surface area contributed by atoms with E-state index in [1.807, 2.05) is 0 Å². The van der Waals surface area contributed by atoms with E-state index >= 15 is 0 Å². The largest absolute Gasteiger partial charge is 0.495 e. The van der Waals surface area contributed by atoms with E-state index in [9.17, 15) is 9.59 Å². The van der Waals surface area contributed by atoms with Gasteiger partial charge in [0.25, 0.3) is 5.91 Å². The molecule has 1 atom stereocenters. The lowest BCUT2D eigenvalue weighted by Crippen LogP contribution is -2.41. The quantitative estimate of drug-likeness (QED) is 0.728. The summed E-state index contributed by atoms with van der Waals surface area (Å²) in [6.07, 6.45) is 0.0840. The lowest BCUT2D eigenvalue weighted by atomic mass is 9.92. The van der Waals surface area contributed by atoms with Crippen molar-refractivity contribution >= 4 is 46.4 Å². The monoisotopic (exact) mass is 404 g/mol. The van der Waals surface area contributed by atoms with Crippen LogP contribution >= 0.6 is 23.2 Å². The minimum Gasteiger partial charge on any atom is -0.495 e. The van der Waals surface area contributed by atoms with E-state index in [2.05, 4.69) is 5.16 Å². The molecule has 2 aliphatic rings. The van der Waals surface area contributed by atoms with Crippen molar-refractivity contribution < 1.29 is 19.2 Å². The molecule has 2 aliphatic heterocycles. The average Bonchev–Trinajstić information content (AvgIpc) is 3.17. The molecule has 0 bridgehead atoms. The Morgan fingerprint density at radius 1 is 1.07 bits per heavy atom. The summed E-state index contributed by atoms with van der Waals surface area (Å²) in [6.45, 7) is 0. The predicted octanol–water partition coefficient (Wildman–Crippen LogP) is 3.83. The van der Waals surface area contributed by atoms with Gasteiger partial charge >= 0.3 is 0 Å². The number of anilines is 1. The highest BCUT2D eigenvalue weighted by Crippen LogP contribution is 2.42. The summed E-state index contributed by atoms with van der Waals surface area (Å²) in [4.78, 5) is 32.4. The van der Waals surface area contributed by atoms with Gasteiger partial charge in [0.05, 0.1) is 24.9 Å². The minimum absolute atomic E-state index is 0.109. The molecule has 2 aromatic carbocycles. The Morgan fingerprint density at radius 2 is 1.78 bits per heavy atom. The van der Waals surface area contributed by atoms with Crippen LogP contribution in [0.1, 0.15) is 18.4 Å². The predicted molar refractivity (Wildman–Crippen MR) is 102 cm³/mol. The summed E-state index contributed by atoms with van der Waals surface area (Å²) in [6, 6.07) is 11.8. The van der Waals surface area contributed by atoms with Crippen molar-refractivity contribution in [3.05, 3.63) is 58.1 Å². The number of benzene rings is 2. The standard InChI is InChI=1S/C19H14Cl2N2O4/c1-26-16-7-6-13(21)8-15(16)23-17(24)10-19(18(23)25)9-14(22-27-19)11-2-4-12(20)5-3-11/h2-8H,9-10H2,1H3. The molecule has 0 aliphatic carbocycles. The lowest BCUT2D eigenvalue weighted by molar-refractivity contribution is -0.136. The molecule has 138 valence electrons. The van der Waals surface area contributed by atoms with Gasteiger partial charge in [0.2, 0.25) is 11.5 Å². The molecule has 1 spiro atoms. The molecule has 4 rings (SSSR count). The van der Waals surface area contributed by atoms with E-state index in [0.717, 1.165) is 10.5 Å². The first-order valence-corrected chi connectivity index (χ1v) is 8.91. The topological polar surface area (TPSA) is 68.2 Å². The Balaban J connectivity index is 1.65. The second-order valence-electron chi connectivity index (χ2n) is 6.33. The maximum absolute atomic E-state index is 13.1. The molecule has 6 nitrogen and oxygen atoms in total. The van der Waals surface area contributed by atoms with Crippen molar-refractivity contribution in [2.24, 2.45) is 5.16 Å². The Labute approximate surface area is 165 Å². The summed E-state index contributed by atoms with van der Waals surface area (Å²) in [5.41, 5.74) is 0.322. The SMILES string of the molecule is COc1ccc(Cl)cc1N1C(=O)CC2(CC(c3ccc(Cl)cc3)=NO2)C1=O. The van der Waals surface area contributed by atoms with Gasteiger partial charge in [0.1, 0.15) is 5.75 Å². The van der Waals surface area contributed by atoms with Crippen LogP contribution in [0.15, 0.2) is 47.6 Å². The molecule has 0 aromatic heterocycles. The number of imide groups is 1. The lowest BCUT2D eigenvalue weighted by Gasteiger charge is -2.21. The molecule has 1 unspecified atom stereocenters. The number of rotatable bonds is 3. The van der Waals surface area contributed by atoms with Gasteiger partial charge in [-0.2, -0.15) is 0 Å². The highest BCUT2D eigenvalue weighted by Gasteiger charge is 2.58. The van der Waals surface area contributed by atoms with Crippen LogP contribution in [0.3, 0.4) is 0 Å². The fourth-order valence-corrected chi connectivity index (χ4v) is 3.57. The fourth-order valence-electron chi connectivity index (χ4n) is 3.28. The summed E-state index contributed by atoms with van der Waals surface area (Å²) < 4.78 is 5.28. The summed E-state index contributed by atoms with van der Waals surface area (Å²) in [5, 5.41) is 5.04. The zero-order valence-electron chi connectivity index (χ0n) is 14.2. The van der Waals surface area contributed by atoms with Gasteiger partial charge in [-0.1, -0.05) is 40.5 Å². The third kappa shape index (κ3) is 2.95. The van der Waals surface area contributed by atoms with Crippen LogP contribution in [0.2, 0.25) is 10.0 Å². The van der Waals surface area contributed by atoms with Crippen molar-refractivity contribution in [3.8, 4) is 5.75 Å². The van der Waals surface area contributed by atoms with Gasteiger partial charge in [-0.25, -0.2) is 4.90 Å². The number of nitrogens with zero attached hydrogens (tertiary/aromatic N) is 2. The Bertz CT molecular complexity index is 974. The number of ether oxygens (including phenoxy) is 1. The van der Waals surface area contributed by atoms with Gasteiger partial charge < -0.3 is 9.57 Å². The molecular weight excluding hydrogens is 391 g/mol. The first-order chi connectivity index (χ1) is 12.9. The van der Waals surface area contributed by atoms with Crippen molar-refractivity contribution in [1.82, 2.24) is 0 Å². The molecule has 0 radical (unpaired) electrons. The Morgan fingerprint density at radius 3 is 2.48 bits per heavy atom. The normalized spacial score (nSPS) is 21.6. The van der Waals surface area contributed by atoms with Gasteiger partial charge in [-0.05, 0) is 35.9 Å². The maximum atomic E-state index is 13.1. The number of hydrogen-bond acceptors (Lipinski definition) is 5. The van der Waals surface area contributed by atoms with Crippen LogP contribution in [0.5, 0.6) is 5.75 Å². The first kappa shape index (κ1) is 17.8. The number of hydrogen-bond donors (Lipinski definition) is 0. The first-order valence-electron chi connectivity index (χ1n) is 8.15. The average molecular weight is 405 g/mol. The number of oxime groups is 1. The maximum Gasteiger partial charge on any atom is 0.281 e.